The summed E-state index contributed by atoms with van der Waals surface area (Å²) in [7, 11) is 1.64. The Morgan fingerprint density at radius 3 is 3.14 bits per heavy atom. The Morgan fingerprint density at radius 1 is 1.41 bits per heavy atom. The van der Waals surface area contributed by atoms with Crippen molar-refractivity contribution < 1.29 is 14.3 Å². The van der Waals surface area contributed by atoms with E-state index in [4.69, 9.17) is 9.47 Å². The van der Waals surface area contributed by atoms with E-state index >= 15 is 0 Å². The molecule has 1 aliphatic heterocycles. The summed E-state index contributed by atoms with van der Waals surface area (Å²) in [4.78, 5) is 18.8. The van der Waals surface area contributed by atoms with Gasteiger partial charge < -0.3 is 14.4 Å². The van der Waals surface area contributed by atoms with Crippen molar-refractivity contribution in [3.05, 3.63) is 42.1 Å². The van der Waals surface area contributed by atoms with E-state index in [0.29, 0.717) is 32.7 Å². The summed E-state index contributed by atoms with van der Waals surface area (Å²) in [6.07, 6.45) is 2.10. The number of methoxy groups -OCH3 is 1. The molecule has 2 aromatic rings. The molecule has 2 heterocycles. The fourth-order valence-electron chi connectivity index (χ4n) is 2.82. The lowest BCUT2D eigenvalue weighted by Crippen LogP contribution is -2.47. The van der Waals surface area contributed by atoms with Crippen molar-refractivity contribution in [2.24, 2.45) is 0 Å². The van der Waals surface area contributed by atoms with Gasteiger partial charge in [-0.3, -0.25) is 9.78 Å². The van der Waals surface area contributed by atoms with Gasteiger partial charge in [-0.25, -0.2) is 0 Å². The number of benzene rings is 1. The summed E-state index contributed by atoms with van der Waals surface area (Å²) >= 11 is 0. The maximum absolute atomic E-state index is 12.6. The molecule has 1 fully saturated rings. The third-order valence-electron chi connectivity index (χ3n) is 3.90. The number of carbonyl (C=O) groups is 1. The maximum Gasteiger partial charge on any atom is 0.227 e. The van der Waals surface area contributed by atoms with E-state index < -0.39 is 0 Å². The summed E-state index contributed by atoms with van der Waals surface area (Å²) in [5, 5.41) is 1.06. The zero-order valence-electron chi connectivity index (χ0n) is 12.7. The minimum absolute atomic E-state index is 0.0339. The van der Waals surface area contributed by atoms with Gasteiger partial charge in [0.2, 0.25) is 5.91 Å². The van der Waals surface area contributed by atoms with Crippen molar-refractivity contribution in [2.75, 3.05) is 33.4 Å². The highest BCUT2D eigenvalue weighted by molar-refractivity contribution is 5.87. The number of para-hydroxylation sites is 1. The molecule has 1 amide bonds. The Balaban J connectivity index is 1.73. The molecule has 1 aliphatic rings. The van der Waals surface area contributed by atoms with Crippen LogP contribution >= 0.6 is 0 Å². The molecule has 0 spiro atoms. The van der Waals surface area contributed by atoms with Gasteiger partial charge in [0.25, 0.3) is 0 Å². The van der Waals surface area contributed by atoms with Crippen LogP contribution in [0.25, 0.3) is 10.9 Å². The van der Waals surface area contributed by atoms with Gasteiger partial charge in [0.05, 0.1) is 31.3 Å². The van der Waals surface area contributed by atoms with Gasteiger partial charge in [0.1, 0.15) is 0 Å². The van der Waals surface area contributed by atoms with Gasteiger partial charge >= 0.3 is 0 Å². The molecule has 1 atom stereocenters. The number of fused-ring (bicyclic) bond motifs is 1. The molecule has 5 nitrogen and oxygen atoms in total. The number of morpholine rings is 1. The maximum atomic E-state index is 12.6. The van der Waals surface area contributed by atoms with E-state index in [9.17, 15) is 4.79 Å². The van der Waals surface area contributed by atoms with Crippen LogP contribution < -0.4 is 0 Å². The van der Waals surface area contributed by atoms with Crippen LogP contribution in [-0.2, 0) is 20.7 Å². The Kier molecular flexibility index (Phi) is 4.65. The summed E-state index contributed by atoms with van der Waals surface area (Å²) in [5.41, 5.74) is 1.87. The van der Waals surface area contributed by atoms with Crippen LogP contribution in [0.4, 0.5) is 0 Å². The fraction of sp³-hybridized carbons (Fsp3) is 0.412. The normalized spacial score (nSPS) is 18.6. The van der Waals surface area contributed by atoms with E-state index in [1.54, 1.807) is 13.3 Å². The zero-order valence-corrected chi connectivity index (χ0v) is 12.7. The predicted octanol–water partition coefficient (Wildman–Crippen LogP) is 1.65. The highest BCUT2D eigenvalue weighted by Crippen LogP contribution is 2.17. The first-order valence-corrected chi connectivity index (χ1v) is 7.49. The van der Waals surface area contributed by atoms with Crippen molar-refractivity contribution in [1.29, 1.82) is 0 Å². The van der Waals surface area contributed by atoms with Crippen molar-refractivity contribution in [1.82, 2.24) is 9.88 Å². The molecule has 0 saturated carbocycles. The summed E-state index contributed by atoms with van der Waals surface area (Å²) in [6.45, 7) is 2.30. The topological polar surface area (TPSA) is 51.7 Å². The average molecular weight is 300 g/mol. The summed E-state index contributed by atoms with van der Waals surface area (Å²) in [6, 6.07) is 9.88. The third kappa shape index (κ3) is 3.26. The number of aromatic nitrogens is 1. The number of pyridine rings is 1. The van der Waals surface area contributed by atoms with Crippen LogP contribution in [0.3, 0.4) is 0 Å². The quantitative estimate of drug-likeness (QED) is 0.861. The van der Waals surface area contributed by atoms with Gasteiger partial charge in [0.15, 0.2) is 0 Å². The highest BCUT2D eigenvalue weighted by Gasteiger charge is 2.24. The molecule has 116 valence electrons. The Morgan fingerprint density at radius 2 is 2.27 bits per heavy atom. The Hall–Kier alpha value is -1.98. The lowest BCUT2D eigenvalue weighted by molar-refractivity contribution is -0.140. The molecular weight excluding hydrogens is 280 g/mol. The lowest BCUT2D eigenvalue weighted by atomic mass is 10.1. The summed E-state index contributed by atoms with van der Waals surface area (Å²) < 4.78 is 10.7. The first-order chi connectivity index (χ1) is 10.8. The van der Waals surface area contributed by atoms with Crippen molar-refractivity contribution in [3.8, 4) is 0 Å². The Bertz CT molecular complexity index is 652. The fourth-order valence-corrected chi connectivity index (χ4v) is 2.82. The minimum Gasteiger partial charge on any atom is -0.382 e. The second-order valence-corrected chi connectivity index (χ2v) is 5.46. The monoisotopic (exact) mass is 300 g/mol. The first-order valence-electron chi connectivity index (χ1n) is 7.49. The molecule has 0 bridgehead atoms. The Labute approximate surface area is 129 Å². The molecule has 3 rings (SSSR count). The largest absolute Gasteiger partial charge is 0.382 e. The van der Waals surface area contributed by atoms with Gasteiger partial charge in [-0.15, -0.1) is 0 Å². The second kappa shape index (κ2) is 6.85. The molecule has 0 N–H and O–H groups in total. The molecule has 5 heteroatoms. The van der Waals surface area contributed by atoms with Crippen molar-refractivity contribution >= 4 is 16.8 Å². The number of ether oxygens (including phenoxy) is 2. The van der Waals surface area contributed by atoms with E-state index in [0.717, 1.165) is 16.5 Å². The van der Waals surface area contributed by atoms with Gasteiger partial charge in [-0.1, -0.05) is 24.3 Å². The number of hydrogen-bond donors (Lipinski definition) is 0. The third-order valence-corrected chi connectivity index (χ3v) is 3.90. The van der Waals surface area contributed by atoms with Crippen LogP contribution in [-0.4, -0.2) is 55.3 Å². The summed E-state index contributed by atoms with van der Waals surface area (Å²) in [5.74, 6) is 0.113. The van der Waals surface area contributed by atoms with Gasteiger partial charge in [0, 0.05) is 31.8 Å². The molecular formula is C17H20N2O3. The second-order valence-electron chi connectivity index (χ2n) is 5.46. The SMILES string of the molecule is COCC1CN(C(=O)Cc2cccc3cccnc23)CCO1. The number of carbonyl (C=O) groups excluding carboxylic acids is 1. The lowest BCUT2D eigenvalue weighted by Gasteiger charge is -2.32. The zero-order chi connectivity index (χ0) is 15.4. The molecule has 22 heavy (non-hydrogen) atoms. The van der Waals surface area contributed by atoms with Crippen molar-refractivity contribution in [3.63, 3.8) is 0 Å². The molecule has 0 radical (unpaired) electrons. The number of rotatable bonds is 4. The van der Waals surface area contributed by atoms with Crippen LogP contribution in [0, 0.1) is 0 Å². The first kappa shape index (κ1) is 14.9. The van der Waals surface area contributed by atoms with E-state index in [1.807, 2.05) is 35.2 Å². The standard InChI is InChI=1S/C17H20N2O3/c1-21-12-15-11-19(8-9-22-15)16(20)10-14-5-2-4-13-6-3-7-18-17(13)14/h2-7,15H,8-12H2,1H3. The average Bonchev–Trinajstić information content (AvgIpc) is 2.56. The number of nitrogens with zero attached hydrogens (tertiary/aromatic N) is 2. The minimum atomic E-state index is -0.0339. The molecule has 1 aromatic carbocycles. The highest BCUT2D eigenvalue weighted by atomic mass is 16.5. The molecule has 1 saturated heterocycles. The number of amides is 1. The van der Waals surface area contributed by atoms with Crippen molar-refractivity contribution in [2.45, 2.75) is 12.5 Å². The van der Waals surface area contributed by atoms with Crippen LogP contribution in [0.1, 0.15) is 5.56 Å². The number of hydrogen-bond acceptors (Lipinski definition) is 4. The smallest absolute Gasteiger partial charge is 0.227 e. The van der Waals surface area contributed by atoms with Gasteiger partial charge in [-0.2, -0.15) is 0 Å². The van der Waals surface area contributed by atoms with E-state index in [-0.39, 0.29) is 12.0 Å². The van der Waals surface area contributed by atoms with Crippen LogP contribution in [0.2, 0.25) is 0 Å². The predicted molar refractivity (Wildman–Crippen MR) is 83.6 cm³/mol. The molecule has 0 aliphatic carbocycles. The van der Waals surface area contributed by atoms with E-state index in [1.165, 1.54) is 0 Å². The molecule has 1 aromatic heterocycles. The van der Waals surface area contributed by atoms with Crippen LogP contribution in [0.5, 0.6) is 0 Å². The van der Waals surface area contributed by atoms with E-state index in [2.05, 4.69) is 4.98 Å². The van der Waals surface area contributed by atoms with Gasteiger partial charge in [-0.05, 0) is 11.6 Å². The molecule has 1 unspecified atom stereocenters. The van der Waals surface area contributed by atoms with Crippen LogP contribution in [0.15, 0.2) is 36.5 Å².